The number of phosphoric ester groups is 1. The van der Waals surface area contributed by atoms with E-state index in [1.807, 2.05) is 0 Å². The van der Waals surface area contributed by atoms with Gasteiger partial charge in [0.1, 0.15) is 12.7 Å². The molecule has 0 aromatic rings. The quantitative estimate of drug-likeness (QED) is 0.0210. The number of hydrogen-bond acceptors (Lipinski definition) is 8. The average molecular weight is 744 g/mol. The van der Waals surface area contributed by atoms with E-state index >= 15 is 0 Å². The van der Waals surface area contributed by atoms with Gasteiger partial charge in [-0.05, 0) is 44.9 Å². The molecule has 0 spiro atoms. The first-order valence-electron chi connectivity index (χ1n) is 19.5. The van der Waals surface area contributed by atoms with E-state index < -0.39 is 57.6 Å². The Labute approximate surface area is 308 Å². The van der Waals surface area contributed by atoms with Crippen LogP contribution in [0.2, 0.25) is 0 Å². The lowest BCUT2D eigenvalue weighted by atomic mass is 10.0. The first-order chi connectivity index (χ1) is 24.6. The third-order valence-corrected chi connectivity index (χ3v) is 9.14. The number of aliphatic hydroxyl groups excluding tert-OH is 1. The fourth-order valence-corrected chi connectivity index (χ4v) is 5.92. The summed E-state index contributed by atoms with van der Waals surface area (Å²) in [6.45, 7) is 2.43. The van der Waals surface area contributed by atoms with Crippen molar-refractivity contribution in [3.05, 3.63) is 36.5 Å². The summed E-state index contributed by atoms with van der Waals surface area (Å²) in [6.07, 6.45) is 34.6. The Bertz CT molecular complexity index is 1020. The SMILES string of the molecule is CC/C=C\C/C=C\C/C=C\CCCCCCCC(=O)OCC(O)COP(=O)(O)OCC(NC(=O)CCCCCCCCCCCCCC)C(=O)O. The molecule has 1 amide bonds. The minimum atomic E-state index is -4.75. The summed E-state index contributed by atoms with van der Waals surface area (Å²) in [7, 11) is -4.75. The van der Waals surface area contributed by atoms with Crippen LogP contribution in [0, 0.1) is 0 Å². The molecule has 3 atom stereocenters. The van der Waals surface area contributed by atoms with Crippen LogP contribution in [-0.2, 0) is 32.7 Å². The van der Waals surface area contributed by atoms with Crippen LogP contribution < -0.4 is 5.32 Å². The van der Waals surface area contributed by atoms with Gasteiger partial charge in [0.2, 0.25) is 5.91 Å². The van der Waals surface area contributed by atoms with Gasteiger partial charge >= 0.3 is 19.8 Å². The molecule has 51 heavy (non-hydrogen) atoms. The number of carboxylic acids is 1. The number of nitrogens with one attached hydrogen (secondary N) is 1. The number of allylic oxidation sites excluding steroid dienone is 6. The number of phosphoric acid groups is 1. The molecular weight excluding hydrogens is 673 g/mol. The molecule has 0 fully saturated rings. The molecule has 0 rings (SSSR count). The van der Waals surface area contributed by atoms with Crippen LogP contribution in [0.15, 0.2) is 36.5 Å². The zero-order chi connectivity index (χ0) is 37.8. The molecule has 3 unspecified atom stereocenters. The normalized spacial score (nSPS) is 14.3. The highest BCUT2D eigenvalue weighted by molar-refractivity contribution is 7.47. The van der Waals surface area contributed by atoms with Crippen molar-refractivity contribution < 1.29 is 47.8 Å². The minimum absolute atomic E-state index is 0.146. The fourth-order valence-electron chi connectivity index (χ4n) is 5.15. The van der Waals surface area contributed by atoms with E-state index in [0.717, 1.165) is 70.6 Å². The van der Waals surface area contributed by atoms with Gasteiger partial charge in [0, 0.05) is 12.8 Å². The van der Waals surface area contributed by atoms with Gasteiger partial charge in [-0.2, -0.15) is 0 Å². The number of hydrogen-bond donors (Lipinski definition) is 4. The summed E-state index contributed by atoms with van der Waals surface area (Å²) in [6, 6.07) is -1.54. The number of ether oxygens (including phenoxy) is 1. The fraction of sp³-hybridized carbons (Fsp3) is 0.769. The standard InChI is InChI=1S/C39H70NO10P/c1-3-5-7-9-11-13-15-17-18-19-21-23-25-27-29-31-38(43)48-32-35(41)33-49-51(46,47)50-34-36(39(44)45)40-37(42)30-28-26-24-22-20-16-14-12-10-8-6-4-2/h5,7,11,13,17-18,35-36,41H,3-4,6,8-10,12,14-16,19-34H2,1-2H3,(H,40,42)(H,44,45)(H,46,47)/b7-5-,13-11-,18-17-. The third kappa shape index (κ3) is 34.5. The molecule has 11 nitrogen and oxygen atoms in total. The van der Waals surface area contributed by atoms with Crippen LogP contribution in [0.4, 0.5) is 0 Å². The molecule has 0 radical (unpaired) electrons. The summed E-state index contributed by atoms with van der Waals surface area (Å²) in [5, 5.41) is 21.7. The van der Waals surface area contributed by atoms with Crippen LogP contribution in [0.5, 0.6) is 0 Å². The Morgan fingerprint density at radius 1 is 0.647 bits per heavy atom. The highest BCUT2D eigenvalue weighted by atomic mass is 31.2. The predicted molar refractivity (Wildman–Crippen MR) is 203 cm³/mol. The minimum Gasteiger partial charge on any atom is -0.480 e. The Morgan fingerprint density at radius 3 is 1.71 bits per heavy atom. The Morgan fingerprint density at radius 2 is 1.14 bits per heavy atom. The van der Waals surface area contributed by atoms with Crippen LogP contribution in [0.3, 0.4) is 0 Å². The number of esters is 1. The lowest BCUT2D eigenvalue weighted by Crippen LogP contribution is -2.43. The van der Waals surface area contributed by atoms with Gasteiger partial charge in [-0.25, -0.2) is 9.36 Å². The molecule has 0 aromatic carbocycles. The second kappa shape index (κ2) is 34.8. The first-order valence-corrected chi connectivity index (χ1v) is 21.0. The van der Waals surface area contributed by atoms with E-state index in [9.17, 15) is 34.1 Å². The van der Waals surface area contributed by atoms with Crippen LogP contribution in [0.25, 0.3) is 0 Å². The summed E-state index contributed by atoms with van der Waals surface area (Å²) in [5.41, 5.74) is 0. The number of rotatable bonds is 36. The molecule has 0 bridgehead atoms. The van der Waals surface area contributed by atoms with Gasteiger partial charge in [0.05, 0.1) is 13.2 Å². The summed E-state index contributed by atoms with van der Waals surface area (Å²) in [5.74, 6) is -2.39. The van der Waals surface area contributed by atoms with Gasteiger partial charge in [-0.1, -0.05) is 140 Å². The van der Waals surface area contributed by atoms with Gasteiger partial charge in [-0.15, -0.1) is 0 Å². The maximum Gasteiger partial charge on any atom is 0.472 e. The maximum atomic E-state index is 12.2. The summed E-state index contributed by atoms with van der Waals surface area (Å²) < 4.78 is 26.7. The van der Waals surface area contributed by atoms with E-state index in [1.54, 1.807) is 0 Å². The number of aliphatic carboxylic acids is 1. The van der Waals surface area contributed by atoms with Crippen LogP contribution >= 0.6 is 7.82 Å². The lowest BCUT2D eigenvalue weighted by molar-refractivity contribution is -0.147. The average Bonchev–Trinajstić information content (AvgIpc) is 3.10. The molecule has 0 heterocycles. The largest absolute Gasteiger partial charge is 0.480 e. The van der Waals surface area contributed by atoms with Gasteiger partial charge in [0.25, 0.3) is 0 Å². The summed E-state index contributed by atoms with van der Waals surface area (Å²) >= 11 is 0. The highest BCUT2D eigenvalue weighted by Gasteiger charge is 2.28. The van der Waals surface area contributed by atoms with Crippen molar-refractivity contribution in [1.82, 2.24) is 5.32 Å². The van der Waals surface area contributed by atoms with E-state index in [4.69, 9.17) is 13.8 Å². The van der Waals surface area contributed by atoms with Gasteiger partial charge in [-0.3, -0.25) is 18.6 Å². The number of carbonyl (C=O) groups is 3. The Hall–Kier alpha value is -2.30. The zero-order valence-electron chi connectivity index (χ0n) is 31.7. The molecule has 4 N–H and O–H groups in total. The van der Waals surface area contributed by atoms with E-state index in [1.165, 1.54) is 51.4 Å². The maximum absolute atomic E-state index is 12.2. The van der Waals surface area contributed by atoms with E-state index in [-0.39, 0.29) is 12.8 Å². The van der Waals surface area contributed by atoms with Crippen molar-refractivity contribution in [3.8, 4) is 0 Å². The van der Waals surface area contributed by atoms with Crippen molar-refractivity contribution in [1.29, 1.82) is 0 Å². The monoisotopic (exact) mass is 743 g/mol. The number of carbonyl (C=O) groups excluding carboxylic acids is 2. The van der Waals surface area contributed by atoms with Crippen LogP contribution in [-0.4, -0.2) is 64.9 Å². The van der Waals surface area contributed by atoms with Crippen molar-refractivity contribution in [2.75, 3.05) is 19.8 Å². The Balaban J connectivity index is 3.97. The Kier molecular flexibility index (Phi) is 33.2. The molecular formula is C39H70NO10P. The van der Waals surface area contributed by atoms with E-state index in [0.29, 0.717) is 12.8 Å². The van der Waals surface area contributed by atoms with Gasteiger partial charge in [0.15, 0.2) is 6.04 Å². The predicted octanol–water partition coefficient (Wildman–Crippen LogP) is 9.27. The molecule has 0 aliphatic rings. The number of aliphatic hydroxyl groups is 1. The molecule has 0 aliphatic heterocycles. The van der Waals surface area contributed by atoms with Crippen molar-refractivity contribution >= 4 is 25.7 Å². The number of unbranched alkanes of at least 4 members (excludes halogenated alkanes) is 16. The topological polar surface area (TPSA) is 169 Å². The number of amides is 1. The van der Waals surface area contributed by atoms with Crippen molar-refractivity contribution in [2.24, 2.45) is 0 Å². The highest BCUT2D eigenvalue weighted by Crippen LogP contribution is 2.43. The zero-order valence-corrected chi connectivity index (χ0v) is 32.5. The molecule has 0 aliphatic carbocycles. The van der Waals surface area contributed by atoms with Crippen LogP contribution in [0.1, 0.15) is 162 Å². The second-order valence-corrected chi connectivity index (χ2v) is 14.5. The second-order valence-electron chi connectivity index (χ2n) is 13.1. The molecule has 0 saturated heterocycles. The molecule has 12 heteroatoms. The molecule has 0 saturated carbocycles. The van der Waals surface area contributed by atoms with Crippen molar-refractivity contribution in [2.45, 2.75) is 174 Å². The number of carboxylic acid groups (broad SMARTS) is 1. The van der Waals surface area contributed by atoms with Crippen molar-refractivity contribution in [3.63, 3.8) is 0 Å². The summed E-state index contributed by atoms with van der Waals surface area (Å²) in [4.78, 5) is 45.7. The molecule has 296 valence electrons. The first kappa shape index (κ1) is 48.7. The molecule has 0 aromatic heterocycles. The van der Waals surface area contributed by atoms with Gasteiger partial charge < -0.3 is 25.2 Å². The van der Waals surface area contributed by atoms with E-state index in [2.05, 4.69) is 55.6 Å². The smallest absolute Gasteiger partial charge is 0.472 e. The third-order valence-electron chi connectivity index (χ3n) is 8.19. The lowest BCUT2D eigenvalue weighted by Gasteiger charge is -2.18.